The molecule has 0 saturated heterocycles. The van der Waals surface area contributed by atoms with Gasteiger partial charge >= 0.3 is 0 Å². The zero-order valence-corrected chi connectivity index (χ0v) is 15.1. The van der Waals surface area contributed by atoms with Gasteiger partial charge in [-0.3, -0.25) is 0 Å². The fourth-order valence-electron chi connectivity index (χ4n) is 2.37. The molecule has 0 aromatic heterocycles. The molecule has 0 spiro atoms. The van der Waals surface area contributed by atoms with Crippen molar-refractivity contribution >= 4 is 15.9 Å². The molecule has 0 aromatic rings. The van der Waals surface area contributed by atoms with Gasteiger partial charge < -0.3 is 5.32 Å². The minimum atomic E-state index is 0.638. The summed E-state index contributed by atoms with van der Waals surface area (Å²) in [6, 6.07) is 0.638. The molecule has 0 rings (SSSR count). The maximum Gasteiger partial charge on any atom is 0.0188 e. The van der Waals surface area contributed by atoms with Crippen LogP contribution in [0.15, 0.2) is 0 Å². The number of nitrogens with one attached hydrogen (secondary N) is 1. The van der Waals surface area contributed by atoms with Gasteiger partial charge in [-0.2, -0.15) is 0 Å². The van der Waals surface area contributed by atoms with E-state index in [4.69, 9.17) is 0 Å². The van der Waals surface area contributed by atoms with E-state index in [1.807, 2.05) is 0 Å². The first kappa shape index (κ1) is 19.4. The minimum absolute atomic E-state index is 0.638. The molecular formula is C17H36BrN. The molecule has 0 aliphatic rings. The molecule has 0 bridgehead atoms. The molecule has 0 aliphatic carbocycles. The Bertz CT molecular complexity index is 171. The van der Waals surface area contributed by atoms with Gasteiger partial charge in [0.25, 0.3) is 0 Å². The summed E-state index contributed by atoms with van der Waals surface area (Å²) < 4.78 is 0. The first-order valence-electron chi connectivity index (χ1n) is 8.51. The monoisotopic (exact) mass is 333 g/mol. The molecule has 0 radical (unpaired) electrons. The first-order chi connectivity index (χ1) is 9.22. The summed E-state index contributed by atoms with van der Waals surface area (Å²) in [6.45, 7) is 8.05. The summed E-state index contributed by atoms with van der Waals surface area (Å²) in [4.78, 5) is 0. The zero-order valence-electron chi connectivity index (χ0n) is 13.5. The van der Waals surface area contributed by atoms with Crippen LogP contribution in [0.3, 0.4) is 0 Å². The van der Waals surface area contributed by atoms with Crippen LogP contribution in [0.25, 0.3) is 0 Å². The lowest BCUT2D eigenvalue weighted by molar-refractivity contribution is 0.426. The van der Waals surface area contributed by atoms with Crippen LogP contribution < -0.4 is 5.32 Å². The summed E-state index contributed by atoms with van der Waals surface area (Å²) in [5.41, 5.74) is 0. The van der Waals surface area contributed by atoms with E-state index in [2.05, 4.69) is 42.0 Å². The van der Waals surface area contributed by atoms with Crippen molar-refractivity contribution in [2.45, 2.75) is 91.0 Å². The fraction of sp³-hybridized carbons (Fsp3) is 1.00. The number of unbranched alkanes of at least 4 members (excludes halogenated alkanes) is 9. The SMILES string of the molecule is CCCCCCCCCCCCNC(CBr)C(C)C. The summed E-state index contributed by atoms with van der Waals surface area (Å²) >= 11 is 3.58. The number of halogens is 1. The van der Waals surface area contributed by atoms with Crippen LogP contribution in [0.4, 0.5) is 0 Å². The molecule has 19 heavy (non-hydrogen) atoms. The lowest BCUT2D eigenvalue weighted by Gasteiger charge is -2.19. The van der Waals surface area contributed by atoms with Gasteiger partial charge in [-0.1, -0.05) is 94.5 Å². The van der Waals surface area contributed by atoms with Crippen LogP contribution in [0.1, 0.15) is 85.0 Å². The topological polar surface area (TPSA) is 12.0 Å². The number of alkyl halides is 1. The lowest BCUT2D eigenvalue weighted by atomic mass is 10.1. The van der Waals surface area contributed by atoms with Crippen molar-refractivity contribution in [2.24, 2.45) is 5.92 Å². The molecule has 0 aliphatic heterocycles. The molecule has 1 unspecified atom stereocenters. The largest absolute Gasteiger partial charge is 0.313 e. The van der Waals surface area contributed by atoms with Crippen LogP contribution in [0, 0.1) is 5.92 Å². The van der Waals surface area contributed by atoms with Gasteiger partial charge in [0.15, 0.2) is 0 Å². The second-order valence-electron chi connectivity index (χ2n) is 6.14. The average Bonchev–Trinajstić information content (AvgIpc) is 2.40. The molecule has 0 saturated carbocycles. The van der Waals surface area contributed by atoms with E-state index in [0.29, 0.717) is 6.04 Å². The highest BCUT2D eigenvalue weighted by molar-refractivity contribution is 9.09. The van der Waals surface area contributed by atoms with Gasteiger partial charge in [-0.25, -0.2) is 0 Å². The van der Waals surface area contributed by atoms with Crippen molar-refractivity contribution in [3.05, 3.63) is 0 Å². The van der Waals surface area contributed by atoms with Crippen molar-refractivity contribution < 1.29 is 0 Å². The number of hydrogen-bond acceptors (Lipinski definition) is 1. The van der Waals surface area contributed by atoms with Gasteiger partial charge in [-0.05, 0) is 18.9 Å². The van der Waals surface area contributed by atoms with E-state index < -0.39 is 0 Å². The van der Waals surface area contributed by atoms with E-state index in [0.717, 1.165) is 11.2 Å². The quantitative estimate of drug-likeness (QED) is 0.307. The Morgan fingerprint density at radius 1 is 0.789 bits per heavy atom. The highest BCUT2D eigenvalue weighted by atomic mass is 79.9. The molecule has 116 valence electrons. The smallest absolute Gasteiger partial charge is 0.0188 e. The normalized spacial score (nSPS) is 13.1. The Morgan fingerprint density at radius 3 is 1.68 bits per heavy atom. The second kappa shape index (κ2) is 14.8. The molecule has 1 atom stereocenters. The molecular weight excluding hydrogens is 298 g/mol. The lowest BCUT2D eigenvalue weighted by Crippen LogP contribution is -2.35. The Morgan fingerprint density at radius 2 is 1.26 bits per heavy atom. The van der Waals surface area contributed by atoms with E-state index in [9.17, 15) is 0 Å². The summed E-state index contributed by atoms with van der Waals surface area (Å²) in [5, 5.41) is 4.72. The number of rotatable bonds is 14. The van der Waals surface area contributed by atoms with Crippen LogP contribution in [0.2, 0.25) is 0 Å². The third-order valence-electron chi connectivity index (χ3n) is 3.91. The Kier molecular flexibility index (Phi) is 15.2. The minimum Gasteiger partial charge on any atom is -0.313 e. The second-order valence-corrected chi connectivity index (χ2v) is 6.79. The zero-order chi connectivity index (χ0) is 14.3. The maximum absolute atomic E-state index is 3.65. The van der Waals surface area contributed by atoms with Crippen LogP contribution in [-0.2, 0) is 0 Å². The highest BCUT2D eigenvalue weighted by Gasteiger charge is 2.09. The fourth-order valence-corrected chi connectivity index (χ4v) is 3.34. The first-order valence-corrected chi connectivity index (χ1v) is 9.63. The van der Waals surface area contributed by atoms with Gasteiger partial charge in [0.1, 0.15) is 0 Å². The predicted molar refractivity (Wildman–Crippen MR) is 92.3 cm³/mol. The highest BCUT2D eigenvalue weighted by Crippen LogP contribution is 2.10. The third-order valence-corrected chi connectivity index (χ3v) is 4.61. The van der Waals surface area contributed by atoms with Crippen molar-refractivity contribution in [3.63, 3.8) is 0 Å². The van der Waals surface area contributed by atoms with Gasteiger partial charge in [0.2, 0.25) is 0 Å². The third kappa shape index (κ3) is 13.2. The molecule has 2 heteroatoms. The van der Waals surface area contributed by atoms with Crippen molar-refractivity contribution in [3.8, 4) is 0 Å². The van der Waals surface area contributed by atoms with E-state index >= 15 is 0 Å². The Labute approximate surface area is 130 Å². The van der Waals surface area contributed by atoms with Crippen LogP contribution >= 0.6 is 15.9 Å². The molecule has 0 amide bonds. The van der Waals surface area contributed by atoms with Crippen LogP contribution in [0.5, 0.6) is 0 Å². The van der Waals surface area contributed by atoms with Crippen molar-refractivity contribution in [1.82, 2.24) is 5.32 Å². The molecule has 1 nitrogen and oxygen atoms in total. The van der Waals surface area contributed by atoms with Crippen molar-refractivity contribution in [2.75, 3.05) is 11.9 Å². The summed E-state index contributed by atoms with van der Waals surface area (Å²) in [6.07, 6.45) is 14.2. The molecule has 0 fully saturated rings. The number of hydrogen-bond donors (Lipinski definition) is 1. The van der Waals surface area contributed by atoms with Gasteiger partial charge in [-0.15, -0.1) is 0 Å². The van der Waals surface area contributed by atoms with Crippen LogP contribution in [-0.4, -0.2) is 17.9 Å². The van der Waals surface area contributed by atoms with E-state index in [1.165, 1.54) is 70.8 Å². The average molecular weight is 334 g/mol. The summed E-state index contributed by atoms with van der Waals surface area (Å²) in [5.74, 6) is 0.725. The van der Waals surface area contributed by atoms with Crippen molar-refractivity contribution in [1.29, 1.82) is 0 Å². The molecule has 1 N–H and O–H groups in total. The Balaban J connectivity index is 3.14. The summed E-state index contributed by atoms with van der Waals surface area (Å²) in [7, 11) is 0. The Hall–Kier alpha value is 0.440. The van der Waals surface area contributed by atoms with E-state index in [1.54, 1.807) is 0 Å². The molecule has 0 heterocycles. The van der Waals surface area contributed by atoms with E-state index in [-0.39, 0.29) is 0 Å². The predicted octanol–water partition coefficient (Wildman–Crippen LogP) is 5.92. The van der Waals surface area contributed by atoms with Gasteiger partial charge in [0.05, 0.1) is 0 Å². The maximum atomic E-state index is 3.65. The van der Waals surface area contributed by atoms with Gasteiger partial charge in [0, 0.05) is 11.4 Å². The standard InChI is InChI=1S/C17H36BrN/c1-4-5-6-7-8-9-10-11-12-13-14-19-17(15-18)16(2)3/h16-17,19H,4-15H2,1-3H3. The molecule has 0 aromatic carbocycles.